The molecule has 0 fully saturated rings. The second-order valence-electron chi connectivity index (χ2n) is 2.64. The summed E-state index contributed by atoms with van der Waals surface area (Å²) in [5.74, 6) is 0. The van der Waals surface area contributed by atoms with Gasteiger partial charge in [0.1, 0.15) is 0 Å². The summed E-state index contributed by atoms with van der Waals surface area (Å²) in [4.78, 5) is 0. The van der Waals surface area contributed by atoms with Crippen molar-refractivity contribution in [2.75, 3.05) is 0 Å². The van der Waals surface area contributed by atoms with Gasteiger partial charge in [0.25, 0.3) is 0 Å². The summed E-state index contributed by atoms with van der Waals surface area (Å²) in [6.07, 6.45) is 1.61. The van der Waals surface area contributed by atoms with Crippen LogP contribution >= 0.6 is 11.6 Å². The molecule has 0 radical (unpaired) electrons. The van der Waals surface area contributed by atoms with E-state index in [0.717, 1.165) is 5.56 Å². The molecule has 1 nitrogen and oxygen atoms in total. The lowest BCUT2D eigenvalue weighted by Crippen LogP contribution is -2.05. The maximum absolute atomic E-state index is 9.24. The van der Waals surface area contributed by atoms with E-state index < -0.39 is 6.10 Å². The molecule has 1 rings (SSSR count). The lowest BCUT2D eigenvalue weighted by Gasteiger charge is -2.04. The van der Waals surface area contributed by atoms with Crippen LogP contribution in [-0.2, 0) is 6.42 Å². The highest BCUT2D eigenvalue weighted by atomic mass is 35.5. The summed E-state index contributed by atoms with van der Waals surface area (Å²) >= 11 is 5.76. The molecule has 1 N–H and O–H groups in total. The van der Waals surface area contributed by atoms with Crippen LogP contribution in [0.2, 0.25) is 5.02 Å². The number of benzene rings is 1. The quantitative estimate of drug-likeness (QED) is 0.712. The fourth-order valence-electron chi connectivity index (χ4n) is 0.989. The van der Waals surface area contributed by atoms with E-state index in [1.807, 2.05) is 24.3 Å². The van der Waals surface area contributed by atoms with Crippen LogP contribution in [0.1, 0.15) is 5.56 Å². The van der Waals surface area contributed by atoms with Crippen molar-refractivity contribution in [2.24, 2.45) is 0 Å². The molecule has 0 spiro atoms. The van der Waals surface area contributed by atoms with E-state index in [1.165, 1.54) is 6.08 Å². The number of halogens is 1. The van der Waals surface area contributed by atoms with Crippen molar-refractivity contribution in [2.45, 2.75) is 12.5 Å². The van der Waals surface area contributed by atoms with E-state index >= 15 is 0 Å². The van der Waals surface area contributed by atoms with Crippen molar-refractivity contribution >= 4 is 11.6 Å². The molecule has 0 aliphatic rings. The van der Waals surface area contributed by atoms with E-state index in [1.54, 1.807) is 0 Å². The van der Waals surface area contributed by atoms with Crippen LogP contribution in [0.15, 0.2) is 36.9 Å². The molecule has 64 valence electrons. The Kier molecular flexibility index (Phi) is 3.32. The maximum atomic E-state index is 9.24. The van der Waals surface area contributed by atoms with Gasteiger partial charge in [-0.1, -0.05) is 29.8 Å². The molecule has 2 heteroatoms. The van der Waals surface area contributed by atoms with Gasteiger partial charge in [0.15, 0.2) is 0 Å². The van der Waals surface area contributed by atoms with Crippen molar-refractivity contribution in [1.29, 1.82) is 0 Å². The van der Waals surface area contributed by atoms with Crippen LogP contribution in [0.5, 0.6) is 0 Å². The third kappa shape index (κ3) is 2.68. The minimum atomic E-state index is -0.483. The van der Waals surface area contributed by atoms with E-state index in [-0.39, 0.29) is 0 Å². The highest BCUT2D eigenvalue weighted by Crippen LogP contribution is 2.12. The second kappa shape index (κ2) is 4.29. The first-order valence-corrected chi connectivity index (χ1v) is 4.15. The molecule has 12 heavy (non-hydrogen) atoms. The Balaban J connectivity index is 2.69. The first-order chi connectivity index (χ1) is 5.72. The Bertz CT molecular complexity index is 270. The first-order valence-electron chi connectivity index (χ1n) is 3.77. The molecule has 0 saturated carbocycles. The summed E-state index contributed by atoms with van der Waals surface area (Å²) in [5, 5.41) is 9.94. The molecule has 0 amide bonds. The summed E-state index contributed by atoms with van der Waals surface area (Å²) < 4.78 is 0. The largest absolute Gasteiger partial charge is 0.389 e. The van der Waals surface area contributed by atoms with Crippen LogP contribution < -0.4 is 0 Å². The molecule has 0 aliphatic heterocycles. The zero-order valence-electron chi connectivity index (χ0n) is 6.70. The number of hydrogen-bond acceptors (Lipinski definition) is 1. The highest BCUT2D eigenvalue weighted by Gasteiger charge is 2.00. The lowest BCUT2D eigenvalue weighted by atomic mass is 10.1. The van der Waals surface area contributed by atoms with Gasteiger partial charge in [-0.25, -0.2) is 0 Å². The number of aliphatic hydroxyl groups excluding tert-OH is 1. The standard InChI is InChI=1S/C10H11ClO/c1-2-10(12)7-8-4-3-5-9(11)6-8/h2-6,10,12H,1,7H2. The summed E-state index contributed by atoms with van der Waals surface area (Å²) in [5.41, 5.74) is 1.02. The SMILES string of the molecule is C=CC(O)Cc1cccc(Cl)c1. The molecule has 0 aromatic heterocycles. The molecular weight excluding hydrogens is 172 g/mol. The molecule has 1 unspecified atom stereocenters. The zero-order valence-corrected chi connectivity index (χ0v) is 7.46. The van der Waals surface area contributed by atoms with Gasteiger partial charge < -0.3 is 5.11 Å². The highest BCUT2D eigenvalue weighted by molar-refractivity contribution is 6.30. The molecular formula is C10H11ClO. The van der Waals surface area contributed by atoms with Crippen molar-refractivity contribution < 1.29 is 5.11 Å². The normalized spacial score (nSPS) is 12.5. The minimum absolute atomic E-state index is 0.483. The molecule has 1 atom stereocenters. The Morgan fingerprint density at radius 3 is 2.92 bits per heavy atom. The molecule has 0 heterocycles. The smallest absolute Gasteiger partial charge is 0.0758 e. The lowest BCUT2D eigenvalue weighted by molar-refractivity contribution is 0.224. The number of aliphatic hydroxyl groups is 1. The summed E-state index contributed by atoms with van der Waals surface area (Å²) in [6.45, 7) is 3.50. The minimum Gasteiger partial charge on any atom is -0.389 e. The fraction of sp³-hybridized carbons (Fsp3) is 0.200. The average Bonchev–Trinajstić information content (AvgIpc) is 2.04. The van der Waals surface area contributed by atoms with Crippen LogP contribution in [-0.4, -0.2) is 11.2 Å². The Labute approximate surface area is 77.3 Å². The monoisotopic (exact) mass is 182 g/mol. The predicted molar refractivity (Wildman–Crippen MR) is 51.4 cm³/mol. The van der Waals surface area contributed by atoms with E-state index in [2.05, 4.69) is 6.58 Å². The summed E-state index contributed by atoms with van der Waals surface area (Å²) in [6, 6.07) is 7.45. The van der Waals surface area contributed by atoms with Crippen molar-refractivity contribution in [3.05, 3.63) is 47.5 Å². The number of hydrogen-bond donors (Lipinski definition) is 1. The average molecular weight is 183 g/mol. The van der Waals surface area contributed by atoms with Crippen molar-refractivity contribution in [3.63, 3.8) is 0 Å². The Morgan fingerprint density at radius 1 is 1.58 bits per heavy atom. The molecule has 1 aromatic carbocycles. The van der Waals surface area contributed by atoms with Gasteiger partial charge in [-0.15, -0.1) is 6.58 Å². The molecule has 0 aliphatic carbocycles. The van der Waals surface area contributed by atoms with Gasteiger partial charge in [0.2, 0.25) is 0 Å². The third-order valence-electron chi connectivity index (χ3n) is 1.61. The van der Waals surface area contributed by atoms with Gasteiger partial charge >= 0.3 is 0 Å². The van der Waals surface area contributed by atoms with Gasteiger partial charge in [0.05, 0.1) is 6.10 Å². The summed E-state index contributed by atoms with van der Waals surface area (Å²) in [7, 11) is 0. The zero-order chi connectivity index (χ0) is 8.97. The van der Waals surface area contributed by atoms with Gasteiger partial charge in [-0.3, -0.25) is 0 Å². The van der Waals surface area contributed by atoms with E-state index in [0.29, 0.717) is 11.4 Å². The molecule has 0 saturated heterocycles. The molecule has 1 aromatic rings. The van der Waals surface area contributed by atoms with Crippen molar-refractivity contribution in [3.8, 4) is 0 Å². The van der Waals surface area contributed by atoms with E-state index in [9.17, 15) is 5.11 Å². The first kappa shape index (κ1) is 9.30. The third-order valence-corrected chi connectivity index (χ3v) is 1.84. The maximum Gasteiger partial charge on any atom is 0.0758 e. The topological polar surface area (TPSA) is 20.2 Å². The van der Waals surface area contributed by atoms with Crippen LogP contribution in [0.25, 0.3) is 0 Å². The second-order valence-corrected chi connectivity index (χ2v) is 3.07. The van der Waals surface area contributed by atoms with Crippen LogP contribution in [0.3, 0.4) is 0 Å². The van der Waals surface area contributed by atoms with Gasteiger partial charge in [-0.2, -0.15) is 0 Å². The van der Waals surface area contributed by atoms with Crippen LogP contribution in [0.4, 0.5) is 0 Å². The van der Waals surface area contributed by atoms with Crippen molar-refractivity contribution in [1.82, 2.24) is 0 Å². The Morgan fingerprint density at radius 2 is 2.33 bits per heavy atom. The molecule has 0 bridgehead atoms. The van der Waals surface area contributed by atoms with E-state index in [4.69, 9.17) is 11.6 Å². The van der Waals surface area contributed by atoms with Gasteiger partial charge in [-0.05, 0) is 17.7 Å². The van der Waals surface area contributed by atoms with Crippen LogP contribution in [0, 0.1) is 0 Å². The fourth-order valence-corrected chi connectivity index (χ4v) is 1.20. The number of rotatable bonds is 3. The Hall–Kier alpha value is -0.790. The van der Waals surface area contributed by atoms with Gasteiger partial charge in [0, 0.05) is 11.4 Å². The predicted octanol–water partition coefficient (Wildman–Crippen LogP) is 2.43.